The summed E-state index contributed by atoms with van der Waals surface area (Å²) >= 11 is 0. The monoisotopic (exact) mass is 400 g/mol. The van der Waals surface area contributed by atoms with Gasteiger partial charge in [0.05, 0.1) is 35.4 Å². The normalized spacial score (nSPS) is 16.4. The Kier molecular flexibility index (Phi) is 4.49. The lowest BCUT2D eigenvalue weighted by Gasteiger charge is -2.36. The lowest BCUT2D eigenvalue weighted by Crippen LogP contribution is -2.52. The molecule has 0 spiro atoms. The Balaban J connectivity index is 1.59. The highest BCUT2D eigenvalue weighted by Gasteiger charge is 2.36. The maximum atomic E-state index is 13.0. The van der Waals surface area contributed by atoms with Crippen molar-refractivity contribution in [3.05, 3.63) is 47.8 Å². The highest BCUT2D eigenvalue weighted by Crippen LogP contribution is 2.35. The van der Waals surface area contributed by atoms with Gasteiger partial charge in [0.1, 0.15) is 6.54 Å². The van der Waals surface area contributed by atoms with Crippen LogP contribution in [-0.4, -0.2) is 41.3 Å². The molecule has 29 heavy (non-hydrogen) atoms. The van der Waals surface area contributed by atoms with E-state index in [1.54, 1.807) is 6.07 Å². The molecule has 4 rings (SSSR count). The minimum Gasteiger partial charge on any atom is -0.338 e. The van der Waals surface area contributed by atoms with Gasteiger partial charge in [-0.15, -0.1) is 0 Å². The minimum atomic E-state index is -4.47. The molecule has 9 heteroatoms. The van der Waals surface area contributed by atoms with Gasteiger partial charge in [0.2, 0.25) is 11.8 Å². The number of carbonyl (C=O) groups excluding carboxylic acids is 2. The Hall–Kier alpha value is -3.41. The van der Waals surface area contributed by atoms with Gasteiger partial charge in [0.25, 0.3) is 0 Å². The summed E-state index contributed by atoms with van der Waals surface area (Å²) in [5.74, 6) is -0.753. The number of anilines is 1. The van der Waals surface area contributed by atoms with Crippen molar-refractivity contribution in [1.82, 2.24) is 9.88 Å². The Morgan fingerprint density at radius 2 is 2.00 bits per heavy atom. The molecule has 0 N–H and O–H groups in total. The average molecular weight is 400 g/mol. The predicted molar refractivity (Wildman–Crippen MR) is 96.4 cm³/mol. The van der Waals surface area contributed by atoms with E-state index in [1.807, 2.05) is 0 Å². The number of amides is 2. The first-order chi connectivity index (χ1) is 13.8. The van der Waals surface area contributed by atoms with Crippen LogP contribution in [0.15, 0.2) is 36.5 Å². The van der Waals surface area contributed by atoms with E-state index < -0.39 is 11.7 Å². The van der Waals surface area contributed by atoms with Gasteiger partial charge >= 0.3 is 6.18 Å². The molecular weight excluding hydrogens is 385 g/mol. The predicted octanol–water partition coefficient (Wildman–Crippen LogP) is 2.64. The van der Waals surface area contributed by atoms with Crippen molar-refractivity contribution in [2.24, 2.45) is 5.92 Å². The standard InChI is InChI=1S/C20H15F3N4O2/c21-20(22,23)15-3-1-2-13(4-15)14-5-17-16(25-8-14)6-18(28)27(17)11-19(29)26-9-12(7-24)10-26/h1-5,8,12H,6,9-11H2. The van der Waals surface area contributed by atoms with Crippen LogP contribution in [0.25, 0.3) is 11.1 Å². The van der Waals surface area contributed by atoms with Gasteiger partial charge in [0.15, 0.2) is 0 Å². The van der Waals surface area contributed by atoms with Crippen LogP contribution in [0, 0.1) is 17.2 Å². The summed E-state index contributed by atoms with van der Waals surface area (Å²) in [6, 6.07) is 8.53. The van der Waals surface area contributed by atoms with E-state index in [9.17, 15) is 22.8 Å². The van der Waals surface area contributed by atoms with Crippen LogP contribution in [0.4, 0.5) is 18.9 Å². The largest absolute Gasteiger partial charge is 0.416 e. The Labute approximate surface area is 164 Å². The summed E-state index contributed by atoms with van der Waals surface area (Å²) in [5, 5.41) is 8.82. The molecule has 0 bridgehead atoms. The van der Waals surface area contributed by atoms with Crippen molar-refractivity contribution in [3.8, 4) is 17.2 Å². The molecule has 0 aliphatic carbocycles. The molecule has 1 aromatic carbocycles. The SMILES string of the molecule is N#CC1CN(C(=O)CN2C(=O)Cc3ncc(-c4cccc(C(F)(F)F)c4)cc32)C1. The maximum Gasteiger partial charge on any atom is 0.416 e. The van der Waals surface area contributed by atoms with E-state index in [0.717, 1.165) is 12.1 Å². The summed E-state index contributed by atoms with van der Waals surface area (Å²) in [7, 11) is 0. The first kappa shape index (κ1) is 18.9. The topological polar surface area (TPSA) is 77.3 Å². The van der Waals surface area contributed by atoms with Crippen molar-refractivity contribution in [3.63, 3.8) is 0 Å². The molecule has 2 amide bonds. The third-order valence-corrected chi connectivity index (χ3v) is 5.09. The number of hydrogen-bond donors (Lipinski definition) is 0. The second-order valence-corrected chi connectivity index (χ2v) is 7.05. The van der Waals surface area contributed by atoms with E-state index in [-0.39, 0.29) is 30.7 Å². The fourth-order valence-electron chi connectivity index (χ4n) is 3.43. The number of rotatable bonds is 3. The third kappa shape index (κ3) is 3.53. The van der Waals surface area contributed by atoms with Crippen LogP contribution in [0.3, 0.4) is 0 Å². The van der Waals surface area contributed by atoms with Crippen molar-refractivity contribution >= 4 is 17.5 Å². The molecule has 1 aromatic heterocycles. The summed E-state index contributed by atoms with van der Waals surface area (Å²) in [6.07, 6.45) is -3.00. The highest BCUT2D eigenvalue weighted by molar-refractivity contribution is 6.05. The summed E-state index contributed by atoms with van der Waals surface area (Å²) in [5.41, 5.74) is 0.881. The van der Waals surface area contributed by atoms with E-state index in [1.165, 1.54) is 28.1 Å². The molecule has 2 aliphatic heterocycles. The molecule has 0 atom stereocenters. The molecule has 0 radical (unpaired) electrons. The fraction of sp³-hybridized carbons (Fsp3) is 0.300. The zero-order valence-electron chi connectivity index (χ0n) is 15.1. The van der Waals surface area contributed by atoms with Gasteiger partial charge in [0, 0.05) is 24.8 Å². The summed E-state index contributed by atoms with van der Waals surface area (Å²) in [6.45, 7) is 0.497. The number of benzene rings is 1. The number of pyridine rings is 1. The number of likely N-dealkylation sites (tertiary alicyclic amines) is 1. The van der Waals surface area contributed by atoms with Gasteiger partial charge in [-0.3, -0.25) is 14.6 Å². The number of nitriles is 1. The Bertz CT molecular complexity index is 1040. The molecule has 3 heterocycles. The zero-order valence-corrected chi connectivity index (χ0v) is 15.1. The first-order valence-corrected chi connectivity index (χ1v) is 8.90. The van der Waals surface area contributed by atoms with Gasteiger partial charge < -0.3 is 9.80 Å². The van der Waals surface area contributed by atoms with Gasteiger partial charge in [-0.2, -0.15) is 18.4 Å². The van der Waals surface area contributed by atoms with Crippen molar-refractivity contribution in [2.45, 2.75) is 12.6 Å². The van der Waals surface area contributed by atoms with Crippen LogP contribution in [0.2, 0.25) is 0 Å². The van der Waals surface area contributed by atoms with Gasteiger partial charge in [-0.05, 0) is 23.8 Å². The van der Waals surface area contributed by atoms with E-state index >= 15 is 0 Å². The number of halogens is 3. The Morgan fingerprint density at radius 3 is 2.69 bits per heavy atom. The molecule has 2 aliphatic rings. The molecular formula is C20H15F3N4O2. The fourth-order valence-corrected chi connectivity index (χ4v) is 3.43. The smallest absolute Gasteiger partial charge is 0.338 e. The second kappa shape index (κ2) is 6.88. The minimum absolute atomic E-state index is 0.0340. The average Bonchev–Trinajstić information content (AvgIpc) is 2.95. The molecule has 0 saturated carbocycles. The summed E-state index contributed by atoms with van der Waals surface area (Å²) in [4.78, 5) is 31.8. The second-order valence-electron chi connectivity index (χ2n) is 7.05. The molecule has 1 fully saturated rings. The van der Waals surface area contributed by atoms with E-state index in [4.69, 9.17) is 5.26 Å². The molecule has 148 valence electrons. The van der Waals surface area contributed by atoms with Crippen molar-refractivity contribution < 1.29 is 22.8 Å². The van der Waals surface area contributed by atoms with E-state index in [2.05, 4.69) is 11.1 Å². The lowest BCUT2D eigenvalue weighted by atomic mass is 10.0. The molecule has 6 nitrogen and oxygen atoms in total. The first-order valence-electron chi connectivity index (χ1n) is 8.90. The highest BCUT2D eigenvalue weighted by atomic mass is 19.4. The molecule has 0 unspecified atom stereocenters. The van der Waals surface area contributed by atoms with Crippen LogP contribution >= 0.6 is 0 Å². The van der Waals surface area contributed by atoms with Crippen LogP contribution in [0.5, 0.6) is 0 Å². The molecule has 1 saturated heterocycles. The van der Waals surface area contributed by atoms with Crippen molar-refractivity contribution in [2.75, 3.05) is 24.5 Å². The van der Waals surface area contributed by atoms with E-state index in [0.29, 0.717) is 35.6 Å². The lowest BCUT2D eigenvalue weighted by molar-refractivity contribution is -0.137. The number of hydrogen-bond acceptors (Lipinski definition) is 4. The molecule has 2 aromatic rings. The van der Waals surface area contributed by atoms with Crippen molar-refractivity contribution in [1.29, 1.82) is 5.26 Å². The van der Waals surface area contributed by atoms with Crippen LogP contribution < -0.4 is 4.90 Å². The van der Waals surface area contributed by atoms with Gasteiger partial charge in [-0.1, -0.05) is 12.1 Å². The van der Waals surface area contributed by atoms with Crippen LogP contribution in [0.1, 0.15) is 11.3 Å². The maximum absolute atomic E-state index is 13.0. The van der Waals surface area contributed by atoms with Crippen LogP contribution in [-0.2, 0) is 22.2 Å². The zero-order chi connectivity index (χ0) is 20.8. The quantitative estimate of drug-likeness (QED) is 0.794. The number of nitrogens with zero attached hydrogens (tertiary/aromatic N) is 4. The number of aromatic nitrogens is 1. The Morgan fingerprint density at radius 1 is 1.24 bits per heavy atom. The number of alkyl halides is 3. The summed E-state index contributed by atoms with van der Waals surface area (Å²) < 4.78 is 39.0. The number of fused-ring (bicyclic) bond motifs is 1. The number of carbonyl (C=O) groups is 2. The third-order valence-electron chi connectivity index (χ3n) is 5.09. The van der Waals surface area contributed by atoms with Gasteiger partial charge in [-0.25, -0.2) is 0 Å².